The number of aromatic nitrogens is 2. The van der Waals surface area contributed by atoms with E-state index in [1.165, 1.54) is 5.69 Å². The fourth-order valence-corrected chi connectivity index (χ4v) is 2.61. The summed E-state index contributed by atoms with van der Waals surface area (Å²) in [5.41, 5.74) is 7.76. The minimum atomic E-state index is 0.440. The molecule has 0 amide bonds. The average Bonchev–Trinajstić information content (AvgIpc) is 2.98. The van der Waals surface area contributed by atoms with Gasteiger partial charge in [0.05, 0.1) is 6.04 Å². The summed E-state index contributed by atoms with van der Waals surface area (Å²) >= 11 is 0. The number of anilines is 3. The molecule has 2 aromatic rings. The standard InChI is InChI=1S/C15H19N5/c1-19(15-17-8-2-9-18-15)14-7-10-20(11-14)13-5-3-12(16)4-6-13/h2-6,8-9,14H,7,10-11,16H2,1H3. The molecule has 5 heteroatoms. The molecule has 0 radical (unpaired) electrons. The number of hydrogen-bond donors (Lipinski definition) is 1. The van der Waals surface area contributed by atoms with E-state index in [-0.39, 0.29) is 0 Å². The predicted octanol–water partition coefficient (Wildman–Crippen LogP) is 1.77. The van der Waals surface area contributed by atoms with Gasteiger partial charge in [0.1, 0.15) is 0 Å². The van der Waals surface area contributed by atoms with E-state index in [1.54, 1.807) is 12.4 Å². The molecule has 3 rings (SSSR count). The number of likely N-dealkylation sites (N-methyl/N-ethyl adjacent to an activating group) is 1. The number of nitrogen functional groups attached to an aromatic ring is 1. The average molecular weight is 269 g/mol. The molecule has 104 valence electrons. The third-order valence-electron chi connectivity index (χ3n) is 3.84. The first-order chi connectivity index (χ1) is 9.74. The first-order valence-electron chi connectivity index (χ1n) is 6.84. The van der Waals surface area contributed by atoms with Gasteiger partial charge in [0.15, 0.2) is 0 Å². The van der Waals surface area contributed by atoms with Gasteiger partial charge in [-0.1, -0.05) is 0 Å². The van der Waals surface area contributed by atoms with Crippen LogP contribution in [0.25, 0.3) is 0 Å². The second-order valence-electron chi connectivity index (χ2n) is 5.14. The van der Waals surface area contributed by atoms with E-state index in [0.29, 0.717) is 6.04 Å². The molecule has 1 aliphatic heterocycles. The van der Waals surface area contributed by atoms with Crippen LogP contribution in [-0.4, -0.2) is 36.1 Å². The Hall–Kier alpha value is -2.30. The van der Waals surface area contributed by atoms with E-state index in [0.717, 1.165) is 31.1 Å². The van der Waals surface area contributed by atoms with Crippen molar-refractivity contribution in [1.82, 2.24) is 9.97 Å². The van der Waals surface area contributed by atoms with Crippen LogP contribution in [0.3, 0.4) is 0 Å². The maximum atomic E-state index is 5.73. The van der Waals surface area contributed by atoms with Crippen LogP contribution in [0, 0.1) is 0 Å². The first-order valence-corrected chi connectivity index (χ1v) is 6.84. The van der Waals surface area contributed by atoms with Crippen LogP contribution in [-0.2, 0) is 0 Å². The molecular weight excluding hydrogens is 250 g/mol. The van der Waals surface area contributed by atoms with E-state index in [1.807, 2.05) is 18.2 Å². The van der Waals surface area contributed by atoms with Crippen LogP contribution >= 0.6 is 0 Å². The van der Waals surface area contributed by atoms with E-state index in [4.69, 9.17) is 5.73 Å². The lowest BCUT2D eigenvalue weighted by Gasteiger charge is -2.25. The Morgan fingerprint density at radius 1 is 1.20 bits per heavy atom. The summed E-state index contributed by atoms with van der Waals surface area (Å²) in [6, 6.07) is 10.3. The van der Waals surface area contributed by atoms with Gasteiger partial charge in [-0.3, -0.25) is 0 Å². The Labute approximate surface area is 119 Å². The molecule has 1 unspecified atom stereocenters. The predicted molar refractivity (Wildman–Crippen MR) is 81.9 cm³/mol. The lowest BCUT2D eigenvalue weighted by molar-refractivity contribution is 0.674. The Kier molecular flexibility index (Phi) is 3.41. The maximum absolute atomic E-state index is 5.73. The van der Waals surface area contributed by atoms with E-state index < -0.39 is 0 Å². The third kappa shape index (κ3) is 2.52. The van der Waals surface area contributed by atoms with Crippen molar-refractivity contribution in [3.8, 4) is 0 Å². The Bertz CT molecular complexity index is 554. The van der Waals surface area contributed by atoms with Gasteiger partial charge in [-0.15, -0.1) is 0 Å². The molecule has 1 atom stereocenters. The van der Waals surface area contributed by atoms with Crippen LogP contribution in [0.1, 0.15) is 6.42 Å². The van der Waals surface area contributed by atoms with Gasteiger partial charge in [-0.2, -0.15) is 0 Å². The summed E-state index contributed by atoms with van der Waals surface area (Å²) in [5, 5.41) is 0. The van der Waals surface area contributed by atoms with Crippen molar-refractivity contribution in [1.29, 1.82) is 0 Å². The van der Waals surface area contributed by atoms with Gasteiger partial charge in [0.2, 0.25) is 5.95 Å². The number of rotatable bonds is 3. The highest BCUT2D eigenvalue weighted by atomic mass is 15.3. The van der Waals surface area contributed by atoms with Gasteiger partial charge in [-0.05, 0) is 36.8 Å². The molecule has 1 aromatic heterocycles. The summed E-state index contributed by atoms with van der Waals surface area (Å²) in [6.07, 6.45) is 4.68. The van der Waals surface area contributed by atoms with Gasteiger partial charge in [-0.25, -0.2) is 9.97 Å². The quantitative estimate of drug-likeness (QED) is 0.861. The number of nitrogens with two attached hydrogens (primary N) is 1. The van der Waals surface area contributed by atoms with Crippen LogP contribution in [0.15, 0.2) is 42.7 Å². The zero-order chi connectivity index (χ0) is 13.9. The molecule has 0 bridgehead atoms. The highest BCUT2D eigenvalue weighted by molar-refractivity contribution is 5.54. The van der Waals surface area contributed by atoms with Gasteiger partial charge in [0.25, 0.3) is 0 Å². The number of nitrogens with zero attached hydrogens (tertiary/aromatic N) is 4. The van der Waals surface area contributed by atoms with Gasteiger partial charge in [0, 0.05) is 43.9 Å². The Morgan fingerprint density at radius 3 is 2.60 bits per heavy atom. The molecule has 0 saturated carbocycles. The largest absolute Gasteiger partial charge is 0.399 e. The van der Waals surface area contributed by atoms with Crippen molar-refractivity contribution in [2.45, 2.75) is 12.5 Å². The van der Waals surface area contributed by atoms with Crippen LogP contribution in [0.5, 0.6) is 0 Å². The minimum Gasteiger partial charge on any atom is -0.399 e. The first kappa shape index (κ1) is 12.7. The molecule has 1 aliphatic rings. The highest BCUT2D eigenvalue weighted by Gasteiger charge is 2.27. The summed E-state index contributed by atoms with van der Waals surface area (Å²) < 4.78 is 0. The van der Waals surface area contributed by atoms with E-state index in [2.05, 4.69) is 38.9 Å². The Balaban J connectivity index is 1.69. The van der Waals surface area contributed by atoms with Crippen molar-refractivity contribution in [3.63, 3.8) is 0 Å². The van der Waals surface area contributed by atoms with Crippen molar-refractivity contribution in [2.75, 3.05) is 35.7 Å². The summed E-state index contributed by atoms with van der Waals surface area (Å²) in [7, 11) is 2.06. The third-order valence-corrected chi connectivity index (χ3v) is 3.84. The fraction of sp³-hybridized carbons (Fsp3) is 0.333. The van der Waals surface area contributed by atoms with Crippen LogP contribution in [0.2, 0.25) is 0 Å². The summed E-state index contributed by atoms with van der Waals surface area (Å²) in [6.45, 7) is 2.03. The Morgan fingerprint density at radius 2 is 1.90 bits per heavy atom. The van der Waals surface area contributed by atoms with Gasteiger partial charge < -0.3 is 15.5 Å². The molecular formula is C15H19N5. The lowest BCUT2D eigenvalue weighted by atomic mass is 10.2. The molecule has 2 heterocycles. The summed E-state index contributed by atoms with van der Waals surface area (Å²) in [5.74, 6) is 0.789. The molecule has 1 saturated heterocycles. The zero-order valence-electron chi connectivity index (χ0n) is 11.6. The molecule has 0 aliphatic carbocycles. The topological polar surface area (TPSA) is 58.3 Å². The van der Waals surface area contributed by atoms with Gasteiger partial charge >= 0.3 is 0 Å². The minimum absolute atomic E-state index is 0.440. The van der Waals surface area contributed by atoms with Crippen LogP contribution in [0.4, 0.5) is 17.3 Å². The van der Waals surface area contributed by atoms with Crippen molar-refractivity contribution < 1.29 is 0 Å². The fourth-order valence-electron chi connectivity index (χ4n) is 2.61. The molecule has 1 fully saturated rings. The van der Waals surface area contributed by atoms with Crippen LogP contribution < -0.4 is 15.5 Å². The molecule has 1 aromatic carbocycles. The monoisotopic (exact) mass is 269 g/mol. The normalized spacial score (nSPS) is 18.2. The number of hydrogen-bond acceptors (Lipinski definition) is 5. The second-order valence-corrected chi connectivity index (χ2v) is 5.14. The van der Waals surface area contributed by atoms with Crippen molar-refractivity contribution in [2.24, 2.45) is 0 Å². The van der Waals surface area contributed by atoms with E-state index >= 15 is 0 Å². The highest BCUT2D eigenvalue weighted by Crippen LogP contribution is 2.24. The van der Waals surface area contributed by atoms with E-state index in [9.17, 15) is 0 Å². The van der Waals surface area contributed by atoms with Crippen molar-refractivity contribution in [3.05, 3.63) is 42.7 Å². The zero-order valence-corrected chi connectivity index (χ0v) is 11.6. The second kappa shape index (κ2) is 5.36. The molecule has 2 N–H and O–H groups in total. The number of benzene rings is 1. The SMILES string of the molecule is CN(c1ncccn1)C1CCN(c2ccc(N)cc2)C1. The van der Waals surface area contributed by atoms with Crippen molar-refractivity contribution >= 4 is 17.3 Å². The maximum Gasteiger partial charge on any atom is 0.225 e. The molecule has 0 spiro atoms. The molecule has 20 heavy (non-hydrogen) atoms. The molecule has 5 nitrogen and oxygen atoms in total. The summed E-state index contributed by atoms with van der Waals surface area (Å²) in [4.78, 5) is 13.2. The smallest absolute Gasteiger partial charge is 0.225 e. The lowest BCUT2D eigenvalue weighted by Crippen LogP contribution is -2.35.